The monoisotopic (exact) mass is 445 g/mol. The lowest BCUT2D eigenvalue weighted by molar-refractivity contribution is -0.135. The van der Waals surface area contributed by atoms with E-state index in [4.69, 9.17) is 14.2 Å². The Morgan fingerprint density at radius 2 is 1.45 bits per heavy atom. The van der Waals surface area contributed by atoms with E-state index >= 15 is 0 Å². The highest BCUT2D eigenvalue weighted by Crippen LogP contribution is 2.41. The van der Waals surface area contributed by atoms with Crippen LogP contribution in [0.4, 0.5) is 5.69 Å². The zero-order valence-electron chi connectivity index (χ0n) is 18.3. The predicted molar refractivity (Wildman–Crippen MR) is 121 cm³/mol. The van der Waals surface area contributed by atoms with Gasteiger partial charge >= 0.3 is 11.9 Å². The topological polar surface area (TPSA) is 82.1 Å². The molecule has 0 radical (unpaired) electrons. The molecule has 0 N–H and O–H groups in total. The highest BCUT2D eigenvalue weighted by atomic mass is 16.5. The van der Waals surface area contributed by atoms with Crippen molar-refractivity contribution >= 4 is 23.5 Å². The van der Waals surface area contributed by atoms with Gasteiger partial charge in [-0.3, -0.25) is 9.69 Å². The van der Waals surface area contributed by atoms with Gasteiger partial charge in [-0.1, -0.05) is 30.3 Å². The maximum Gasteiger partial charge on any atom is 0.338 e. The molecule has 1 heterocycles. The third-order valence-electron chi connectivity index (χ3n) is 5.38. The Morgan fingerprint density at radius 3 is 2.06 bits per heavy atom. The number of carbonyl (C=O) groups is 3. The summed E-state index contributed by atoms with van der Waals surface area (Å²) in [4.78, 5) is 38.5. The number of ether oxygens (including phenoxy) is 3. The van der Waals surface area contributed by atoms with E-state index in [-0.39, 0.29) is 12.5 Å². The Labute approximate surface area is 191 Å². The molecule has 0 saturated carbocycles. The third-order valence-corrected chi connectivity index (χ3v) is 5.38. The van der Waals surface area contributed by atoms with Crippen LogP contribution in [0.2, 0.25) is 0 Å². The van der Waals surface area contributed by atoms with E-state index < -0.39 is 24.1 Å². The van der Waals surface area contributed by atoms with Crippen LogP contribution in [0.15, 0.2) is 78.9 Å². The number of hydrogen-bond donors (Lipinski definition) is 0. The molecular weight excluding hydrogens is 422 g/mol. The van der Waals surface area contributed by atoms with Gasteiger partial charge in [0.15, 0.2) is 0 Å². The van der Waals surface area contributed by atoms with Crippen LogP contribution in [-0.4, -0.2) is 37.7 Å². The Hall–Kier alpha value is -4.13. The number of amides is 1. The molecule has 33 heavy (non-hydrogen) atoms. The summed E-state index contributed by atoms with van der Waals surface area (Å²) in [6.07, 6.45) is -0.735. The van der Waals surface area contributed by atoms with Crippen LogP contribution in [0.25, 0.3) is 0 Å². The largest absolute Gasteiger partial charge is 0.478 e. The molecular formula is C26H23NO6. The molecule has 1 aliphatic heterocycles. The molecule has 168 valence electrons. The van der Waals surface area contributed by atoms with E-state index in [0.29, 0.717) is 22.6 Å². The number of rotatable bonds is 7. The van der Waals surface area contributed by atoms with E-state index in [2.05, 4.69) is 0 Å². The average molecular weight is 445 g/mol. The van der Waals surface area contributed by atoms with E-state index in [1.54, 1.807) is 72.5 Å². The Bertz CT molecular complexity index is 1140. The number of hydrogen-bond acceptors (Lipinski definition) is 6. The first-order valence-electron chi connectivity index (χ1n) is 10.5. The minimum atomic E-state index is -0.735. The summed E-state index contributed by atoms with van der Waals surface area (Å²) in [5.41, 5.74) is 2.25. The highest BCUT2D eigenvalue weighted by Gasteiger charge is 2.51. The number of methoxy groups -OCH3 is 1. The van der Waals surface area contributed by atoms with Crippen LogP contribution in [0.1, 0.15) is 39.2 Å². The molecule has 3 aromatic carbocycles. The van der Waals surface area contributed by atoms with E-state index in [1.807, 2.05) is 18.2 Å². The van der Waals surface area contributed by atoms with Crippen molar-refractivity contribution in [1.29, 1.82) is 0 Å². The summed E-state index contributed by atoms with van der Waals surface area (Å²) in [6, 6.07) is 22.3. The number of anilines is 1. The van der Waals surface area contributed by atoms with E-state index in [1.165, 1.54) is 7.11 Å². The normalized spacial score (nSPS) is 17.2. The highest BCUT2D eigenvalue weighted by molar-refractivity contribution is 6.05. The minimum Gasteiger partial charge on any atom is -0.478 e. The number of benzene rings is 3. The summed E-state index contributed by atoms with van der Waals surface area (Å²) >= 11 is 0. The maximum atomic E-state index is 13.1. The molecule has 7 nitrogen and oxygen atoms in total. The lowest BCUT2D eigenvalue weighted by Crippen LogP contribution is -2.61. The van der Waals surface area contributed by atoms with Gasteiger partial charge in [0, 0.05) is 5.69 Å². The number of para-hydroxylation sites is 1. The van der Waals surface area contributed by atoms with Crippen LogP contribution in [0.5, 0.6) is 5.75 Å². The Morgan fingerprint density at radius 1 is 0.848 bits per heavy atom. The Kier molecular flexibility index (Phi) is 6.40. The fourth-order valence-electron chi connectivity index (χ4n) is 3.74. The number of nitrogens with zero attached hydrogens (tertiary/aromatic N) is 1. The number of esters is 2. The summed E-state index contributed by atoms with van der Waals surface area (Å²) in [5, 5.41) is 0. The van der Waals surface area contributed by atoms with Gasteiger partial charge in [0.1, 0.15) is 11.8 Å². The van der Waals surface area contributed by atoms with Crippen molar-refractivity contribution in [2.45, 2.75) is 19.1 Å². The molecule has 1 saturated heterocycles. The maximum absolute atomic E-state index is 13.1. The smallest absolute Gasteiger partial charge is 0.338 e. The summed E-state index contributed by atoms with van der Waals surface area (Å²) in [6.45, 7) is 2.03. The molecule has 1 aliphatic rings. The van der Waals surface area contributed by atoms with Gasteiger partial charge in [0.05, 0.1) is 24.8 Å². The van der Waals surface area contributed by atoms with Crippen molar-refractivity contribution in [2.75, 3.05) is 18.6 Å². The molecule has 1 fully saturated rings. The van der Waals surface area contributed by atoms with Crippen LogP contribution in [0, 0.1) is 0 Å². The van der Waals surface area contributed by atoms with Crippen molar-refractivity contribution in [1.82, 2.24) is 0 Å². The molecule has 3 aromatic rings. The molecule has 0 unspecified atom stereocenters. The summed E-state index contributed by atoms with van der Waals surface area (Å²) in [7, 11) is 1.33. The quantitative estimate of drug-likeness (QED) is 0.401. The second-order valence-corrected chi connectivity index (χ2v) is 7.39. The molecule has 0 aromatic heterocycles. The number of β-lactam (4-membered cyclic amide) rings is 1. The van der Waals surface area contributed by atoms with E-state index in [9.17, 15) is 14.4 Å². The molecule has 0 spiro atoms. The third kappa shape index (κ3) is 4.43. The van der Waals surface area contributed by atoms with Crippen LogP contribution >= 0.6 is 0 Å². The second-order valence-electron chi connectivity index (χ2n) is 7.39. The first kappa shape index (κ1) is 22.1. The minimum absolute atomic E-state index is 0.204. The van der Waals surface area contributed by atoms with Crippen LogP contribution in [-0.2, 0) is 14.3 Å². The van der Waals surface area contributed by atoms with Gasteiger partial charge in [-0.05, 0) is 61.0 Å². The molecule has 7 heteroatoms. The van der Waals surface area contributed by atoms with Crippen molar-refractivity contribution in [2.24, 2.45) is 0 Å². The predicted octanol–water partition coefficient (Wildman–Crippen LogP) is 4.19. The zero-order valence-corrected chi connectivity index (χ0v) is 18.3. The van der Waals surface area contributed by atoms with Gasteiger partial charge in [-0.25, -0.2) is 9.59 Å². The van der Waals surface area contributed by atoms with Crippen molar-refractivity contribution in [3.05, 3.63) is 95.6 Å². The average Bonchev–Trinajstić information content (AvgIpc) is 2.86. The second kappa shape index (κ2) is 9.56. The lowest BCUT2D eigenvalue weighted by atomic mass is 9.89. The lowest BCUT2D eigenvalue weighted by Gasteiger charge is -2.46. The zero-order chi connectivity index (χ0) is 23.4. The summed E-state index contributed by atoms with van der Waals surface area (Å²) < 4.78 is 15.8. The molecule has 0 bridgehead atoms. The number of carbonyl (C=O) groups excluding carboxylic acids is 3. The first-order valence-corrected chi connectivity index (χ1v) is 10.5. The van der Waals surface area contributed by atoms with Crippen LogP contribution in [0.3, 0.4) is 0 Å². The van der Waals surface area contributed by atoms with Crippen LogP contribution < -0.4 is 9.64 Å². The standard InChI is InChI=1S/C26H23NO6/c1-3-32-26(30)19-13-15-20(16-14-19)27-22(17-9-11-18(12-10-17)25(29)31-2)23(24(27)28)33-21-7-5-4-6-8-21/h4-16,22-23H,3H2,1-2H3/t22-,23-/m1/s1. The SMILES string of the molecule is CCOC(=O)c1ccc(N2C(=O)[C@H](Oc3ccccc3)[C@H]2c2ccc(C(=O)OC)cc2)cc1. The van der Waals surface area contributed by atoms with Crippen molar-refractivity contribution in [3.63, 3.8) is 0 Å². The van der Waals surface area contributed by atoms with Crippen molar-refractivity contribution in [3.8, 4) is 5.75 Å². The molecule has 0 aliphatic carbocycles. The van der Waals surface area contributed by atoms with Gasteiger partial charge in [0.2, 0.25) is 6.10 Å². The van der Waals surface area contributed by atoms with E-state index in [0.717, 1.165) is 5.56 Å². The fraction of sp³-hybridized carbons (Fsp3) is 0.192. The molecule has 4 rings (SSSR count). The molecule has 1 amide bonds. The fourth-order valence-corrected chi connectivity index (χ4v) is 3.74. The molecule has 2 atom stereocenters. The van der Waals surface area contributed by atoms with Crippen molar-refractivity contribution < 1.29 is 28.6 Å². The van der Waals surface area contributed by atoms with Gasteiger partial charge in [-0.2, -0.15) is 0 Å². The summed E-state index contributed by atoms with van der Waals surface area (Å²) in [5.74, 6) is -0.469. The van der Waals surface area contributed by atoms with Gasteiger partial charge < -0.3 is 14.2 Å². The Balaban J connectivity index is 1.64. The van der Waals surface area contributed by atoms with Gasteiger partial charge in [0.25, 0.3) is 5.91 Å². The van der Waals surface area contributed by atoms with Gasteiger partial charge in [-0.15, -0.1) is 0 Å². The first-order chi connectivity index (χ1) is 16.0.